The van der Waals surface area contributed by atoms with Gasteiger partial charge in [-0.1, -0.05) is 0 Å². The molecule has 0 unspecified atom stereocenters. The standard InChI is InChI=1S/C12H22O9/c1-3-6(14)8(16)10(11(18)19-3)21-12-9(17)7(15)5(13)4(2)20-12/h3-18H,1-2H3/t3-,4-,5-,6-,7-,8-,9+,10+,11-,12+/m0/s1. The smallest absolute Gasteiger partial charge is 0.187 e. The van der Waals surface area contributed by atoms with Crippen molar-refractivity contribution in [3.8, 4) is 0 Å². The fraction of sp³-hybridized carbons (Fsp3) is 1.00. The predicted octanol–water partition coefficient (Wildman–Crippen LogP) is -3.34. The summed E-state index contributed by atoms with van der Waals surface area (Å²) in [7, 11) is 0. The highest BCUT2D eigenvalue weighted by molar-refractivity contribution is 4.91. The van der Waals surface area contributed by atoms with Crippen molar-refractivity contribution in [1.82, 2.24) is 0 Å². The fourth-order valence-electron chi connectivity index (χ4n) is 2.45. The van der Waals surface area contributed by atoms with Gasteiger partial charge in [-0.05, 0) is 13.8 Å². The Labute approximate surface area is 121 Å². The Bertz CT molecular complexity index is 354. The van der Waals surface area contributed by atoms with E-state index in [0.29, 0.717) is 0 Å². The van der Waals surface area contributed by atoms with E-state index in [-0.39, 0.29) is 0 Å². The molecule has 2 aliphatic rings. The molecule has 0 saturated carbocycles. The minimum Gasteiger partial charge on any atom is -0.388 e. The predicted molar refractivity (Wildman–Crippen MR) is 65.8 cm³/mol. The molecule has 2 aliphatic heterocycles. The SMILES string of the molecule is C[C@@H]1O[C@H](O[C@@H]2[C@@H](O)[C@@H](O)[C@H](C)O[C@@H]2O)[C@H](O)[C@@H](O)[C@H]1O. The van der Waals surface area contributed by atoms with Crippen LogP contribution in [0, 0.1) is 0 Å². The molecule has 0 bridgehead atoms. The molecule has 9 nitrogen and oxygen atoms in total. The van der Waals surface area contributed by atoms with Gasteiger partial charge in [-0.2, -0.15) is 0 Å². The Hall–Kier alpha value is -0.360. The largest absolute Gasteiger partial charge is 0.388 e. The Morgan fingerprint density at radius 1 is 0.667 bits per heavy atom. The van der Waals surface area contributed by atoms with Gasteiger partial charge in [0, 0.05) is 0 Å². The van der Waals surface area contributed by atoms with Crippen LogP contribution in [0.4, 0.5) is 0 Å². The van der Waals surface area contributed by atoms with Crippen LogP contribution in [0.2, 0.25) is 0 Å². The van der Waals surface area contributed by atoms with Crippen molar-refractivity contribution in [2.75, 3.05) is 0 Å². The van der Waals surface area contributed by atoms with Gasteiger partial charge < -0.3 is 44.8 Å². The van der Waals surface area contributed by atoms with Crippen LogP contribution in [0.15, 0.2) is 0 Å². The van der Waals surface area contributed by atoms with E-state index >= 15 is 0 Å². The third-order valence-corrected chi connectivity index (χ3v) is 3.90. The molecule has 124 valence electrons. The first-order chi connectivity index (χ1) is 9.73. The molecule has 9 heteroatoms. The zero-order chi connectivity index (χ0) is 15.9. The van der Waals surface area contributed by atoms with Gasteiger partial charge >= 0.3 is 0 Å². The maximum atomic E-state index is 9.91. The first-order valence-electron chi connectivity index (χ1n) is 6.78. The molecule has 2 heterocycles. The van der Waals surface area contributed by atoms with Crippen molar-refractivity contribution in [3.63, 3.8) is 0 Å². The van der Waals surface area contributed by atoms with E-state index in [1.54, 1.807) is 0 Å². The van der Waals surface area contributed by atoms with Crippen LogP contribution < -0.4 is 0 Å². The molecule has 21 heavy (non-hydrogen) atoms. The zero-order valence-electron chi connectivity index (χ0n) is 11.7. The van der Waals surface area contributed by atoms with Crippen molar-refractivity contribution in [2.45, 2.75) is 75.3 Å². The molecule has 0 aromatic carbocycles. The van der Waals surface area contributed by atoms with E-state index in [2.05, 4.69) is 0 Å². The molecule has 6 N–H and O–H groups in total. The van der Waals surface area contributed by atoms with E-state index in [1.807, 2.05) is 0 Å². The van der Waals surface area contributed by atoms with Gasteiger partial charge in [-0.3, -0.25) is 0 Å². The first-order valence-corrected chi connectivity index (χ1v) is 6.78. The monoisotopic (exact) mass is 310 g/mol. The average Bonchev–Trinajstić information content (AvgIpc) is 2.44. The highest BCUT2D eigenvalue weighted by Crippen LogP contribution is 2.28. The zero-order valence-corrected chi connectivity index (χ0v) is 11.7. The number of rotatable bonds is 2. The maximum Gasteiger partial charge on any atom is 0.187 e. The molecule has 0 aliphatic carbocycles. The van der Waals surface area contributed by atoms with Crippen LogP contribution >= 0.6 is 0 Å². The summed E-state index contributed by atoms with van der Waals surface area (Å²) < 4.78 is 15.5. The number of aliphatic hydroxyl groups is 6. The van der Waals surface area contributed by atoms with Gasteiger partial charge in [0.2, 0.25) is 0 Å². The van der Waals surface area contributed by atoms with Crippen molar-refractivity contribution in [2.24, 2.45) is 0 Å². The minimum atomic E-state index is -1.58. The summed E-state index contributed by atoms with van der Waals surface area (Å²) in [4.78, 5) is 0. The lowest BCUT2D eigenvalue weighted by Gasteiger charge is -2.44. The lowest BCUT2D eigenvalue weighted by Crippen LogP contribution is -2.62. The molecule has 0 aromatic rings. The molecule has 10 atom stereocenters. The van der Waals surface area contributed by atoms with Gasteiger partial charge in [0.15, 0.2) is 12.6 Å². The van der Waals surface area contributed by atoms with Crippen molar-refractivity contribution >= 4 is 0 Å². The molecule has 0 spiro atoms. The first kappa shape index (κ1) is 17.0. The van der Waals surface area contributed by atoms with E-state index < -0.39 is 61.4 Å². The van der Waals surface area contributed by atoms with Crippen LogP contribution in [-0.4, -0.2) is 92.1 Å². The third kappa shape index (κ3) is 3.21. The fourth-order valence-corrected chi connectivity index (χ4v) is 2.45. The average molecular weight is 310 g/mol. The number of hydrogen-bond donors (Lipinski definition) is 6. The van der Waals surface area contributed by atoms with Crippen LogP contribution in [0.1, 0.15) is 13.8 Å². The summed E-state index contributed by atoms with van der Waals surface area (Å²) in [5.74, 6) is 0. The van der Waals surface area contributed by atoms with E-state index in [0.717, 1.165) is 0 Å². The van der Waals surface area contributed by atoms with Crippen molar-refractivity contribution in [1.29, 1.82) is 0 Å². The summed E-state index contributed by atoms with van der Waals surface area (Å²) in [6.07, 6.45) is -13.0. The molecule has 0 radical (unpaired) electrons. The lowest BCUT2D eigenvalue weighted by molar-refractivity contribution is -0.356. The van der Waals surface area contributed by atoms with Crippen molar-refractivity contribution < 1.29 is 44.8 Å². The topological polar surface area (TPSA) is 149 Å². The Morgan fingerprint density at radius 2 is 1.19 bits per heavy atom. The van der Waals surface area contributed by atoms with Crippen LogP contribution in [0.5, 0.6) is 0 Å². The molecule has 2 saturated heterocycles. The lowest BCUT2D eigenvalue weighted by atomic mass is 9.98. The second-order valence-corrected chi connectivity index (χ2v) is 5.50. The van der Waals surface area contributed by atoms with Crippen molar-refractivity contribution in [3.05, 3.63) is 0 Å². The molecular weight excluding hydrogens is 288 g/mol. The summed E-state index contributed by atoms with van der Waals surface area (Å²) in [5, 5.41) is 58.5. The van der Waals surface area contributed by atoms with E-state index in [1.165, 1.54) is 13.8 Å². The molecular formula is C12H22O9. The highest BCUT2D eigenvalue weighted by Gasteiger charge is 2.48. The summed E-state index contributed by atoms with van der Waals surface area (Å²) in [6, 6.07) is 0. The second-order valence-electron chi connectivity index (χ2n) is 5.50. The quantitative estimate of drug-likeness (QED) is 0.308. The van der Waals surface area contributed by atoms with Gasteiger partial charge in [0.1, 0.15) is 36.6 Å². The van der Waals surface area contributed by atoms with E-state index in [4.69, 9.17) is 14.2 Å². The molecule has 2 rings (SSSR count). The maximum absolute atomic E-state index is 9.91. The number of hydrogen-bond acceptors (Lipinski definition) is 9. The summed E-state index contributed by atoms with van der Waals surface area (Å²) in [5.41, 5.74) is 0. The molecule has 0 aromatic heterocycles. The van der Waals surface area contributed by atoms with Crippen LogP contribution in [0.25, 0.3) is 0 Å². The number of ether oxygens (including phenoxy) is 3. The van der Waals surface area contributed by atoms with Gasteiger partial charge in [-0.25, -0.2) is 0 Å². The van der Waals surface area contributed by atoms with Gasteiger partial charge in [0.05, 0.1) is 12.2 Å². The normalized spacial score (nSPS) is 55.4. The van der Waals surface area contributed by atoms with Gasteiger partial charge in [-0.15, -0.1) is 0 Å². The minimum absolute atomic E-state index is 0.793. The Morgan fingerprint density at radius 3 is 1.81 bits per heavy atom. The summed E-state index contributed by atoms with van der Waals surface area (Å²) >= 11 is 0. The Kier molecular flexibility index (Phi) is 5.19. The summed E-state index contributed by atoms with van der Waals surface area (Å²) in [6.45, 7) is 2.94. The van der Waals surface area contributed by atoms with Crippen LogP contribution in [0.3, 0.4) is 0 Å². The number of aliphatic hydroxyl groups excluding tert-OH is 6. The van der Waals surface area contributed by atoms with Crippen LogP contribution in [-0.2, 0) is 14.2 Å². The van der Waals surface area contributed by atoms with E-state index in [9.17, 15) is 30.6 Å². The highest BCUT2D eigenvalue weighted by atomic mass is 16.7. The second kappa shape index (κ2) is 6.41. The molecule has 0 amide bonds. The Balaban J connectivity index is 2.06. The van der Waals surface area contributed by atoms with Gasteiger partial charge in [0.25, 0.3) is 0 Å². The molecule has 2 fully saturated rings. The third-order valence-electron chi connectivity index (χ3n) is 3.90.